The van der Waals surface area contributed by atoms with Crippen LogP contribution in [0.15, 0.2) is 60.7 Å². The van der Waals surface area contributed by atoms with E-state index in [2.05, 4.69) is 86.9 Å². The fourth-order valence-electron chi connectivity index (χ4n) is 1.41. The summed E-state index contributed by atoms with van der Waals surface area (Å²) < 4.78 is 0. The Labute approximate surface area is 167 Å². The van der Waals surface area contributed by atoms with Crippen LogP contribution in [-0.4, -0.2) is 28.3 Å². The van der Waals surface area contributed by atoms with Crippen LogP contribution in [0.25, 0.3) is 10.8 Å². The summed E-state index contributed by atoms with van der Waals surface area (Å²) in [4.78, 5) is 18.0. The quantitative estimate of drug-likeness (QED) is 0.485. The monoisotopic (exact) mass is 406 g/mol. The van der Waals surface area contributed by atoms with E-state index in [1.807, 2.05) is 12.2 Å². The third-order valence-corrected chi connectivity index (χ3v) is 2.13. The molecule has 0 spiro atoms. The average Bonchev–Trinajstić information content (AvgIpc) is 3.20. The Morgan fingerprint density at radius 3 is 1.96 bits per heavy atom. The fraction of sp³-hybridized carbons (Fsp3) is 0.250. The summed E-state index contributed by atoms with van der Waals surface area (Å²) in [5, 5.41) is 17.5. The Morgan fingerprint density at radius 2 is 1.62 bits per heavy atom. The van der Waals surface area contributed by atoms with E-state index in [1.54, 1.807) is 0 Å². The minimum Gasteiger partial charge on any atom is -0.273 e. The summed E-state index contributed by atoms with van der Waals surface area (Å²) in [5.74, 6) is -1.67. The number of aliphatic carboxylic acids is 2. The smallest absolute Gasteiger partial charge is 0.0809 e. The van der Waals surface area contributed by atoms with Crippen LogP contribution in [0.3, 0.4) is 0 Å². The van der Waals surface area contributed by atoms with Crippen LogP contribution >= 0.6 is 0 Å². The Morgan fingerprint density at radius 1 is 1.12 bits per heavy atom. The maximum absolute atomic E-state index is 9.00. The van der Waals surface area contributed by atoms with E-state index in [1.165, 1.54) is 10.8 Å². The van der Waals surface area contributed by atoms with Gasteiger partial charge in [-0.25, -0.2) is 12.2 Å². The predicted octanol–water partition coefficient (Wildman–Crippen LogP) is 4.83. The van der Waals surface area contributed by atoms with Crippen molar-refractivity contribution in [2.24, 2.45) is 0 Å². The molecular weight excluding hydrogens is 380 g/mol. The first kappa shape index (κ1) is 26.4. The van der Waals surface area contributed by atoms with Gasteiger partial charge in [-0.1, -0.05) is 6.07 Å². The van der Waals surface area contributed by atoms with Crippen LogP contribution in [0.5, 0.6) is 0 Å². The first-order valence-corrected chi connectivity index (χ1v) is 12.7. The van der Waals surface area contributed by atoms with E-state index in [0.29, 0.717) is 0 Å². The van der Waals surface area contributed by atoms with Gasteiger partial charge >= 0.3 is 38.5 Å². The summed E-state index contributed by atoms with van der Waals surface area (Å²) in [6.45, 7) is 6.70. The molecule has 0 radical (unpaired) electrons. The van der Waals surface area contributed by atoms with Gasteiger partial charge in [-0.05, 0) is 0 Å². The number of allylic oxidation sites excluding steroid dienone is 4. The molecular formula is C20H26O4SiTi. The Hall–Kier alpha value is -1.82. The van der Waals surface area contributed by atoms with Gasteiger partial charge in [0.15, 0.2) is 0 Å². The molecule has 0 heterocycles. The number of carbonyl (C=O) groups is 2. The van der Waals surface area contributed by atoms with Gasteiger partial charge in [0.2, 0.25) is 0 Å². The van der Waals surface area contributed by atoms with Gasteiger partial charge in [-0.3, -0.25) is 15.7 Å². The second-order valence-corrected chi connectivity index (χ2v) is 11.9. The molecule has 4 nitrogen and oxygen atoms in total. The van der Waals surface area contributed by atoms with E-state index >= 15 is 0 Å². The van der Waals surface area contributed by atoms with Gasteiger partial charge < -0.3 is 10.2 Å². The number of hydrogen-bond acceptors (Lipinski definition) is 2. The standard InChI is InChI=1S/C9H7.C5H5.2C2H4O2.C2H6Si.Ti/c1-2-5-9-7-3-6-8(9)4-1;1-2-4-5-3-1;2*1-2(3)4;1-3-2;/h1-7H;1-3H,4H2;2*1H3,(H,3,4);1-2H3;/q2*-1;;;;+2. The second-order valence-electron chi connectivity index (χ2n) is 5.20. The summed E-state index contributed by atoms with van der Waals surface area (Å²) in [6.07, 6.45) is 10.1. The van der Waals surface area contributed by atoms with Gasteiger partial charge in [0.05, 0.1) is 0 Å². The molecule has 0 saturated carbocycles. The van der Waals surface area contributed by atoms with E-state index in [4.69, 9.17) is 19.8 Å². The third kappa shape index (κ3) is 24.4. The molecule has 0 fully saturated rings. The maximum Gasteiger partial charge on any atom is -0.0809 e. The van der Waals surface area contributed by atoms with Crippen LogP contribution in [0.4, 0.5) is 0 Å². The van der Waals surface area contributed by atoms with Crippen LogP contribution in [0, 0.1) is 6.08 Å². The molecule has 0 aliphatic heterocycles. The first-order chi connectivity index (χ1) is 12.2. The summed E-state index contributed by atoms with van der Waals surface area (Å²) in [5.41, 5.74) is 0. The minimum absolute atomic E-state index is 0.120. The Kier molecular flexibility index (Phi) is 18.3. The molecule has 0 atom stereocenters. The van der Waals surface area contributed by atoms with Crippen molar-refractivity contribution in [3.8, 4) is 0 Å². The van der Waals surface area contributed by atoms with Crippen molar-refractivity contribution in [3.63, 3.8) is 0 Å². The number of hydrogen-bond donors (Lipinski definition) is 2. The number of benzene rings is 1. The molecule has 1 aliphatic carbocycles. The Balaban J connectivity index is 0. The zero-order valence-electron chi connectivity index (χ0n) is 15.7. The van der Waals surface area contributed by atoms with Gasteiger partial charge in [-0.15, -0.1) is 36.1 Å². The topological polar surface area (TPSA) is 74.6 Å². The van der Waals surface area contributed by atoms with E-state index < -0.39 is 11.9 Å². The molecule has 6 heteroatoms. The van der Waals surface area contributed by atoms with Crippen molar-refractivity contribution < 1.29 is 39.0 Å². The maximum atomic E-state index is 9.00. The van der Waals surface area contributed by atoms with Gasteiger partial charge in [0.25, 0.3) is 11.9 Å². The van der Waals surface area contributed by atoms with Crippen molar-refractivity contribution in [2.45, 2.75) is 33.4 Å². The summed E-state index contributed by atoms with van der Waals surface area (Å²) in [7, 11) is 0. The van der Waals surface area contributed by atoms with E-state index in [9.17, 15) is 0 Å². The molecule has 2 aromatic rings. The van der Waals surface area contributed by atoms with Crippen molar-refractivity contribution >= 4 is 28.9 Å². The molecule has 26 heavy (non-hydrogen) atoms. The van der Waals surface area contributed by atoms with Gasteiger partial charge in [0.1, 0.15) is 0 Å². The van der Waals surface area contributed by atoms with E-state index in [0.717, 1.165) is 20.3 Å². The SMILES string of the molecule is CC(=O)O.CC(=O)O.C[Si](C)=[Ti+2].[C-]1=CC=CC1.c1ccc2[cH-]ccc2c1. The van der Waals surface area contributed by atoms with Gasteiger partial charge in [-0.2, -0.15) is 23.6 Å². The molecule has 0 unspecified atom stereocenters. The normalized spacial score (nSPS) is 9.92. The average molecular weight is 406 g/mol. The molecule has 2 aromatic carbocycles. The van der Waals surface area contributed by atoms with Crippen molar-refractivity contribution in [2.75, 3.05) is 0 Å². The third-order valence-electron chi connectivity index (χ3n) is 2.13. The summed E-state index contributed by atoms with van der Waals surface area (Å²) >= 11 is 2.27. The number of fused-ring (bicyclic) bond motifs is 1. The number of rotatable bonds is 0. The minimum atomic E-state index is -0.833. The molecule has 1 aliphatic rings. The van der Waals surface area contributed by atoms with E-state index in [-0.39, 0.29) is 6.19 Å². The molecule has 0 aromatic heterocycles. The van der Waals surface area contributed by atoms with Crippen LogP contribution in [0.1, 0.15) is 20.3 Å². The molecule has 2 N–H and O–H groups in total. The first-order valence-electron chi connectivity index (χ1n) is 7.89. The predicted molar refractivity (Wildman–Crippen MR) is 105 cm³/mol. The van der Waals surface area contributed by atoms with Crippen LogP contribution in [-0.2, 0) is 28.8 Å². The molecule has 0 bridgehead atoms. The molecule has 3 rings (SSSR count). The van der Waals surface area contributed by atoms with Crippen molar-refractivity contribution in [1.82, 2.24) is 0 Å². The largest absolute Gasteiger partial charge is 0.273 e. The molecule has 0 amide bonds. The van der Waals surface area contributed by atoms with Crippen LogP contribution in [0.2, 0.25) is 13.1 Å². The second kappa shape index (κ2) is 18.0. The molecule has 138 valence electrons. The van der Waals surface area contributed by atoms with Crippen LogP contribution < -0.4 is 0 Å². The Bertz CT molecular complexity index is 637. The van der Waals surface area contributed by atoms with Crippen molar-refractivity contribution in [3.05, 3.63) is 66.8 Å². The number of carboxylic acid groups (broad SMARTS) is 2. The van der Waals surface area contributed by atoms with Gasteiger partial charge in [0, 0.05) is 13.8 Å². The summed E-state index contributed by atoms with van der Waals surface area (Å²) in [6, 6.07) is 14.7. The molecule has 0 saturated heterocycles. The zero-order chi connectivity index (χ0) is 20.4. The number of carboxylic acids is 2. The fourth-order valence-corrected chi connectivity index (χ4v) is 1.41. The zero-order valence-corrected chi connectivity index (χ0v) is 18.3. The van der Waals surface area contributed by atoms with Crippen molar-refractivity contribution in [1.29, 1.82) is 0 Å².